The number of fused-ring (bicyclic) bond motifs is 4. The Morgan fingerprint density at radius 3 is 1.87 bits per heavy atom. The van der Waals surface area contributed by atoms with Gasteiger partial charge in [0.25, 0.3) is 0 Å². The zero-order valence-electron chi connectivity index (χ0n) is 13.6. The third-order valence-electron chi connectivity index (χ3n) is 5.82. The van der Waals surface area contributed by atoms with Crippen LogP contribution in [-0.4, -0.2) is 29.6 Å². The van der Waals surface area contributed by atoms with E-state index in [-0.39, 0.29) is 5.92 Å². The number of benzene rings is 2. The Hall–Kier alpha value is -1.64. The van der Waals surface area contributed by atoms with E-state index in [1.807, 2.05) is 36.4 Å². The third kappa shape index (κ3) is 2.71. The van der Waals surface area contributed by atoms with Crippen LogP contribution in [0.25, 0.3) is 0 Å². The average Bonchev–Trinajstić information content (AvgIpc) is 2.97. The van der Waals surface area contributed by atoms with Gasteiger partial charge in [-0.2, -0.15) is 0 Å². The predicted octanol–water partition coefficient (Wildman–Crippen LogP) is 3.65. The lowest BCUT2D eigenvalue weighted by molar-refractivity contribution is 0.00282. The van der Waals surface area contributed by atoms with E-state index < -0.39 is 5.60 Å². The molecule has 5 rings (SSSR count). The van der Waals surface area contributed by atoms with Gasteiger partial charge in [-0.1, -0.05) is 60.7 Å². The summed E-state index contributed by atoms with van der Waals surface area (Å²) in [6.07, 6.45) is 3.70. The molecule has 3 aliphatic heterocycles. The molecule has 3 heterocycles. The fraction of sp³-hybridized carbons (Fsp3) is 0.429. The molecule has 3 fully saturated rings. The molecule has 0 radical (unpaired) electrons. The summed E-state index contributed by atoms with van der Waals surface area (Å²) in [6.45, 7) is 3.39. The molecule has 2 aromatic carbocycles. The van der Waals surface area contributed by atoms with Crippen molar-refractivity contribution in [2.75, 3.05) is 19.6 Å². The summed E-state index contributed by atoms with van der Waals surface area (Å²) in [5.74, 6) is 1.01. The van der Waals surface area contributed by atoms with Crippen LogP contribution in [0.5, 0.6) is 0 Å². The van der Waals surface area contributed by atoms with E-state index in [4.69, 9.17) is 0 Å². The smallest absolute Gasteiger partial charge is 0.119 e. The number of nitrogens with zero attached hydrogens (tertiary/aromatic N) is 1. The molecule has 0 spiro atoms. The predicted molar refractivity (Wildman–Crippen MR) is 93.2 cm³/mol. The van der Waals surface area contributed by atoms with Gasteiger partial charge in [-0.3, -0.25) is 0 Å². The van der Waals surface area contributed by atoms with Gasteiger partial charge < -0.3 is 10.0 Å². The Bertz CT molecular complexity index is 578. The average molecular weight is 307 g/mol. The Labute approximate surface area is 138 Å². The molecule has 1 unspecified atom stereocenters. The van der Waals surface area contributed by atoms with Gasteiger partial charge in [-0.15, -0.1) is 0 Å². The second kappa shape index (κ2) is 6.10. The summed E-state index contributed by atoms with van der Waals surface area (Å²) < 4.78 is 0. The van der Waals surface area contributed by atoms with Crippen LogP contribution < -0.4 is 0 Å². The number of hydrogen-bond donors (Lipinski definition) is 1. The van der Waals surface area contributed by atoms with Crippen LogP contribution in [-0.2, 0) is 5.60 Å². The van der Waals surface area contributed by atoms with Crippen molar-refractivity contribution in [3.05, 3.63) is 71.8 Å². The normalized spacial score (nSPS) is 27.6. The standard InChI is InChI=1S/C21H25NO/c23-21(18-7-3-1-4-8-18,19-9-5-2-6-10-19)20-15-17-11-13-22(16-20)14-12-17/h1-10,17,20,23H,11-16H2. The third-order valence-corrected chi connectivity index (χ3v) is 5.82. The highest BCUT2D eigenvalue weighted by Gasteiger charge is 2.44. The lowest BCUT2D eigenvalue weighted by atomic mass is 9.72. The first-order chi connectivity index (χ1) is 11.3. The van der Waals surface area contributed by atoms with Crippen LogP contribution in [0, 0.1) is 11.8 Å². The minimum Gasteiger partial charge on any atom is -0.380 e. The SMILES string of the molecule is OC(c1ccccc1)(c1ccccc1)C1CC2CCN(CC2)C1. The van der Waals surface area contributed by atoms with Crippen molar-refractivity contribution in [1.29, 1.82) is 0 Å². The van der Waals surface area contributed by atoms with Crippen LogP contribution in [0.15, 0.2) is 60.7 Å². The zero-order valence-corrected chi connectivity index (χ0v) is 13.6. The van der Waals surface area contributed by atoms with E-state index in [0.717, 1.165) is 30.0 Å². The molecule has 0 amide bonds. The monoisotopic (exact) mass is 307 g/mol. The molecule has 1 N–H and O–H groups in total. The zero-order chi connectivity index (χ0) is 15.7. The summed E-state index contributed by atoms with van der Waals surface area (Å²) in [5, 5.41) is 11.9. The molecule has 2 aromatic rings. The Morgan fingerprint density at radius 2 is 1.35 bits per heavy atom. The van der Waals surface area contributed by atoms with Crippen molar-refractivity contribution in [1.82, 2.24) is 4.90 Å². The maximum atomic E-state index is 11.9. The largest absolute Gasteiger partial charge is 0.380 e. The van der Waals surface area contributed by atoms with Crippen molar-refractivity contribution in [3.63, 3.8) is 0 Å². The van der Waals surface area contributed by atoms with Crippen molar-refractivity contribution < 1.29 is 5.11 Å². The molecule has 3 aliphatic rings. The highest BCUT2D eigenvalue weighted by atomic mass is 16.3. The minimum absolute atomic E-state index is 0.252. The van der Waals surface area contributed by atoms with Crippen molar-refractivity contribution in [3.8, 4) is 0 Å². The van der Waals surface area contributed by atoms with Gasteiger partial charge in [-0.05, 0) is 49.4 Å². The number of hydrogen-bond acceptors (Lipinski definition) is 2. The summed E-state index contributed by atoms with van der Waals surface area (Å²) in [4.78, 5) is 2.55. The van der Waals surface area contributed by atoms with E-state index in [1.165, 1.54) is 25.9 Å². The van der Waals surface area contributed by atoms with Gasteiger partial charge >= 0.3 is 0 Å². The van der Waals surface area contributed by atoms with Crippen LogP contribution in [0.2, 0.25) is 0 Å². The van der Waals surface area contributed by atoms with Crippen molar-refractivity contribution in [2.45, 2.75) is 24.9 Å². The van der Waals surface area contributed by atoms with Gasteiger partial charge in [0.15, 0.2) is 0 Å². The lowest BCUT2D eigenvalue weighted by Crippen LogP contribution is -2.42. The Balaban J connectivity index is 1.79. The van der Waals surface area contributed by atoms with Crippen LogP contribution in [0.4, 0.5) is 0 Å². The molecule has 0 saturated carbocycles. The Kier molecular flexibility index (Phi) is 3.96. The second-order valence-electron chi connectivity index (χ2n) is 7.18. The summed E-state index contributed by atoms with van der Waals surface area (Å²) in [6, 6.07) is 20.5. The lowest BCUT2D eigenvalue weighted by Gasteiger charge is -2.38. The maximum absolute atomic E-state index is 11.9. The first-order valence-electron chi connectivity index (χ1n) is 8.82. The summed E-state index contributed by atoms with van der Waals surface area (Å²) in [5.41, 5.74) is 1.16. The van der Waals surface area contributed by atoms with E-state index in [9.17, 15) is 5.11 Å². The van der Waals surface area contributed by atoms with Gasteiger partial charge in [0.2, 0.25) is 0 Å². The van der Waals surface area contributed by atoms with E-state index in [2.05, 4.69) is 29.2 Å². The minimum atomic E-state index is -0.895. The van der Waals surface area contributed by atoms with Crippen LogP contribution >= 0.6 is 0 Å². The molecule has 120 valence electrons. The molecule has 23 heavy (non-hydrogen) atoms. The van der Waals surface area contributed by atoms with Gasteiger partial charge in [-0.25, -0.2) is 0 Å². The molecular weight excluding hydrogens is 282 g/mol. The summed E-state index contributed by atoms with van der Waals surface area (Å²) >= 11 is 0. The van der Waals surface area contributed by atoms with Crippen molar-refractivity contribution >= 4 is 0 Å². The number of aliphatic hydroxyl groups is 1. The molecule has 2 heteroatoms. The molecule has 2 bridgehead atoms. The number of piperidine rings is 1. The van der Waals surface area contributed by atoms with Crippen molar-refractivity contribution in [2.24, 2.45) is 11.8 Å². The Morgan fingerprint density at radius 1 is 0.826 bits per heavy atom. The van der Waals surface area contributed by atoms with E-state index in [1.54, 1.807) is 0 Å². The molecular formula is C21H25NO. The first-order valence-corrected chi connectivity index (χ1v) is 8.82. The molecule has 2 nitrogen and oxygen atoms in total. The molecule has 0 aromatic heterocycles. The molecule has 3 saturated heterocycles. The van der Waals surface area contributed by atoms with E-state index in [0.29, 0.717) is 0 Å². The van der Waals surface area contributed by atoms with E-state index >= 15 is 0 Å². The summed E-state index contributed by atoms with van der Waals surface area (Å²) in [7, 11) is 0. The number of rotatable bonds is 3. The maximum Gasteiger partial charge on any atom is 0.119 e. The topological polar surface area (TPSA) is 23.5 Å². The van der Waals surface area contributed by atoms with Gasteiger partial charge in [0, 0.05) is 12.5 Å². The molecule has 0 aliphatic carbocycles. The highest BCUT2D eigenvalue weighted by molar-refractivity contribution is 5.37. The van der Waals surface area contributed by atoms with Gasteiger partial charge in [0.05, 0.1) is 0 Å². The molecule has 1 atom stereocenters. The quantitative estimate of drug-likeness (QED) is 0.935. The van der Waals surface area contributed by atoms with Crippen LogP contribution in [0.3, 0.4) is 0 Å². The van der Waals surface area contributed by atoms with Gasteiger partial charge in [0.1, 0.15) is 5.60 Å². The second-order valence-corrected chi connectivity index (χ2v) is 7.18. The first kappa shape index (κ1) is 14.9. The fourth-order valence-corrected chi connectivity index (χ4v) is 4.52. The fourth-order valence-electron chi connectivity index (χ4n) is 4.52. The highest BCUT2D eigenvalue weighted by Crippen LogP contribution is 2.44. The van der Waals surface area contributed by atoms with Crippen LogP contribution in [0.1, 0.15) is 30.4 Å².